The van der Waals surface area contributed by atoms with Crippen LogP contribution in [0.2, 0.25) is 5.02 Å². The number of rotatable bonds is 6. The average molecular weight is 376 g/mol. The Bertz CT molecular complexity index is 868. The van der Waals surface area contributed by atoms with Crippen molar-refractivity contribution < 1.29 is 14.1 Å². The summed E-state index contributed by atoms with van der Waals surface area (Å²) in [6, 6.07) is 14.2. The molecule has 0 atom stereocenters. The smallest absolute Gasteiger partial charge is 0.258 e. The van der Waals surface area contributed by atoms with Crippen LogP contribution in [0.1, 0.15) is 0 Å². The molecule has 128 valence electrons. The third-order valence-corrected chi connectivity index (χ3v) is 4.25. The first-order chi connectivity index (χ1) is 12.1. The van der Waals surface area contributed by atoms with Crippen LogP contribution in [0.15, 0.2) is 58.2 Å². The van der Waals surface area contributed by atoms with Gasteiger partial charge in [0.1, 0.15) is 5.75 Å². The van der Waals surface area contributed by atoms with Crippen molar-refractivity contribution in [1.29, 1.82) is 0 Å². The van der Waals surface area contributed by atoms with Gasteiger partial charge in [0, 0.05) is 16.3 Å². The van der Waals surface area contributed by atoms with Gasteiger partial charge in [0.05, 0.1) is 12.9 Å². The number of benzene rings is 2. The van der Waals surface area contributed by atoms with Crippen molar-refractivity contribution in [3.63, 3.8) is 0 Å². The summed E-state index contributed by atoms with van der Waals surface area (Å²) in [6.07, 6.45) is 0. The molecule has 25 heavy (non-hydrogen) atoms. The fourth-order valence-electron chi connectivity index (χ4n) is 2.01. The Hall–Kier alpha value is -2.51. The quantitative estimate of drug-likeness (QED) is 0.653. The first kappa shape index (κ1) is 17.3. The number of thioether (sulfide) groups is 1. The van der Waals surface area contributed by atoms with Gasteiger partial charge in [-0.15, -0.1) is 0 Å². The standard InChI is InChI=1S/C17H14ClN3O3S/c1-23-14-7-5-11(6-8-14)16-20-17(21-24-16)25-10-15(22)19-13-4-2-3-12(18)9-13/h2-9H,10H2,1H3,(H,19,22). The number of ether oxygens (including phenoxy) is 1. The van der Waals surface area contributed by atoms with E-state index in [1.807, 2.05) is 24.3 Å². The molecule has 0 saturated heterocycles. The van der Waals surface area contributed by atoms with Gasteiger partial charge in [-0.3, -0.25) is 4.79 Å². The molecule has 0 bridgehead atoms. The second-order valence-electron chi connectivity index (χ2n) is 4.96. The van der Waals surface area contributed by atoms with Crippen LogP contribution in [-0.4, -0.2) is 28.9 Å². The van der Waals surface area contributed by atoms with Gasteiger partial charge >= 0.3 is 0 Å². The molecule has 0 radical (unpaired) electrons. The third kappa shape index (κ3) is 4.74. The molecule has 3 rings (SSSR count). The lowest BCUT2D eigenvalue weighted by molar-refractivity contribution is -0.113. The Morgan fingerprint density at radius 1 is 1.28 bits per heavy atom. The summed E-state index contributed by atoms with van der Waals surface area (Å²) >= 11 is 7.07. The summed E-state index contributed by atoms with van der Waals surface area (Å²) in [4.78, 5) is 16.2. The van der Waals surface area contributed by atoms with E-state index in [4.69, 9.17) is 20.9 Å². The van der Waals surface area contributed by atoms with E-state index in [1.165, 1.54) is 11.8 Å². The van der Waals surface area contributed by atoms with Crippen LogP contribution in [0, 0.1) is 0 Å². The van der Waals surface area contributed by atoms with Gasteiger partial charge in [-0.05, 0) is 47.6 Å². The molecule has 0 fully saturated rings. The molecule has 0 aliphatic rings. The second kappa shape index (κ2) is 8.04. The minimum absolute atomic E-state index is 0.161. The first-order valence-corrected chi connectivity index (χ1v) is 8.67. The van der Waals surface area contributed by atoms with Gasteiger partial charge in [-0.1, -0.05) is 29.4 Å². The molecule has 0 aliphatic heterocycles. The van der Waals surface area contributed by atoms with Crippen LogP contribution in [-0.2, 0) is 4.79 Å². The molecule has 1 N–H and O–H groups in total. The molecule has 1 aromatic heterocycles. The maximum Gasteiger partial charge on any atom is 0.258 e. The van der Waals surface area contributed by atoms with Crippen LogP contribution in [0.3, 0.4) is 0 Å². The number of hydrogen-bond acceptors (Lipinski definition) is 6. The Morgan fingerprint density at radius 3 is 2.80 bits per heavy atom. The van der Waals surface area contributed by atoms with Gasteiger partial charge in [-0.25, -0.2) is 0 Å². The molecule has 1 heterocycles. The number of carbonyl (C=O) groups is 1. The monoisotopic (exact) mass is 375 g/mol. The predicted octanol–water partition coefficient (Wildman–Crippen LogP) is 4.13. The zero-order chi connectivity index (χ0) is 17.6. The van der Waals surface area contributed by atoms with Crippen molar-refractivity contribution in [3.8, 4) is 17.2 Å². The SMILES string of the molecule is COc1ccc(-c2nc(SCC(=O)Nc3cccc(Cl)c3)no2)cc1. The van der Waals surface area contributed by atoms with Gasteiger partial charge in [0.25, 0.3) is 5.89 Å². The molecule has 8 heteroatoms. The molecule has 0 spiro atoms. The van der Waals surface area contributed by atoms with Crippen molar-refractivity contribution in [2.45, 2.75) is 5.16 Å². The van der Waals surface area contributed by atoms with Gasteiger partial charge in [-0.2, -0.15) is 4.98 Å². The molecule has 0 saturated carbocycles. The number of halogens is 1. The zero-order valence-electron chi connectivity index (χ0n) is 13.2. The number of anilines is 1. The summed E-state index contributed by atoms with van der Waals surface area (Å²) < 4.78 is 10.3. The lowest BCUT2D eigenvalue weighted by Crippen LogP contribution is -2.14. The van der Waals surface area contributed by atoms with Crippen LogP contribution in [0.25, 0.3) is 11.5 Å². The largest absolute Gasteiger partial charge is 0.497 e. The predicted molar refractivity (Wildman–Crippen MR) is 97.1 cm³/mol. The summed E-state index contributed by atoms with van der Waals surface area (Å²) in [5.74, 6) is 1.12. The highest BCUT2D eigenvalue weighted by molar-refractivity contribution is 7.99. The minimum Gasteiger partial charge on any atom is -0.497 e. The Labute approximate surface area is 153 Å². The number of nitrogens with one attached hydrogen (secondary N) is 1. The molecule has 0 unspecified atom stereocenters. The summed E-state index contributed by atoms with van der Waals surface area (Å²) in [7, 11) is 1.60. The molecule has 0 aliphatic carbocycles. The highest BCUT2D eigenvalue weighted by Crippen LogP contribution is 2.23. The molecular weight excluding hydrogens is 362 g/mol. The van der Waals surface area contributed by atoms with E-state index < -0.39 is 0 Å². The second-order valence-corrected chi connectivity index (χ2v) is 6.34. The highest BCUT2D eigenvalue weighted by Gasteiger charge is 2.11. The van der Waals surface area contributed by atoms with E-state index in [-0.39, 0.29) is 11.7 Å². The minimum atomic E-state index is -0.178. The van der Waals surface area contributed by atoms with E-state index in [0.29, 0.717) is 21.8 Å². The number of amides is 1. The number of carbonyl (C=O) groups excluding carboxylic acids is 1. The maximum absolute atomic E-state index is 12.0. The molecular formula is C17H14ClN3O3S. The first-order valence-electron chi connectivity index (χ1n) is 7.30. The zero-order valence-corrected chi connectivity index (χ0v) is 14.8. The fourth-order valence-corrected chi connectivity index (χ4v) is 2.77. The lowest BCUT2D eigenvalue weighted by Gasteiger charge is -2.03. The number of nitrogens with zero attached hydrogens (tertiary/aromatic N) is 2. The molecule has 3 aromatic rings. The van der Waals surface area contributed by atoms with Crippen molar-refractivity contribution in [3.05, 3.63) is 53.6 Å². The summed E-state index contributed by atoms with van der Waals surface area (Å²) in [5.41, 5.74) is 1.42. The Morgan fingerprint density at radius 2 is 2.08 bits per heavy atom. The van der Waals surface area contributed by atoms with Crippen molar-refractivity contribution in [2.24, 2.45) is 0 Å². The topological polar surface area (TPSA) is 77.2 Å². The van der Waals surface area contributed by atoms with Gasteiger partial charge in [0.15, 0.2) is 0 Å². The van der Waals surface area contributed by atoms with Crippen molar-refractivity contribution >= 4 is 35.0 Å². The van der Waals surface area contributed by atoms with Crippen LogP contribution < -0.4 is 10.1 Å². The fraction of sp³-hybridized carbons (Fsp3) is 0.118. The van der Waals surface area contributed by atoms with Gasteiger partial charge in [0.2, 0.25) is 11.1 Å². The normalized spacial score (nSPS) is 10.5. The van der Waals surface area contributed by atoms with E-state index in [2.05, 4.69) is 15.5 Å². The van der Waals surface area contributed by atoms with Crippen LogP contribution in [0.5, 0.6) is 5.75 Å². The number of aromatic nitrogens is 2. The van der Waals surface area contributed by atoms with Crippen LogP contribution >= 0.6 is 23.4 Å². The molecule has 1 amide bonds. The van der Waals surface area contributed by atoms with E-state index >= 15 is 0 Å². The maximum atomic E-state index is 12.0. The Kier molecular flexibility index (Phi) is 5.57. The third-order valence-electron chi connectivity index (χ3n) is 3.19. The van der Waals surface area contributed by atoms with Crippen molar-refractivity contribution in [1.82, 2.24) is 10.1 Å². The number of methoxy groups -OCH3 is 1. The van der Waals surface area contributed by atoms with E-state index in [1.54, 1.807) is 31.4 Å². The highest BCUT2D eigenvalue weighted by atomic mass is 35.5. The summed E-state index contributed by atoms with van der Waals surface area (Å²) in [5, 5.41) is 7.59. The lowest BCUT2D eigenvalue weighted by atomic mass is 10.2. The van der Waals surface area contributed by atoms with Gasteiger partial charge < -0.3 is 14.6 Å². The average Bonchev–Trinajstić information content (AvgIpc) is 3.09. The Balaban J connectivity index is 1.56. The van der Waals surface area contributed by atoms with Crippen LogP contribution in [0.4, 0.5) is 5.69 Å². The van der Waals surface area contributed by atoms with E-state index in [0.717, 1.165) is 11.3 Å². The summed E-state index contributed by atoms with van der Waals surface area (Å²) in [6.45, 7) is 0. The molecule has 2 aromatic carbocycles. The molecule has 6 nitrogen and oxygen atoms in total. The van der Waals surface area contributed by atoms with E-state index in [9.17, 15) is 4.79 Å². The van der Waals surface area contributed by atoms with Crippen molar-refractivity contribution in [2.75, 3.05) is 18.2 Å². The number of hydrogen-bond donors (Lipinski definition) is 1.